The monoisotopic (exact) mass is 576 g/mol. The van der Waals surface area contributed by atoms with Gasteiger partial charge < -0.3 is 4.42 Å². The molecule has 5 nitrogen and oxygen atoms in total. The Morgan fingerprint density at radius 2 is 1.13 bits per heavy atom. The second kappa shape index (κ2) is 10.2. The molecule has 0 amide bonds. The molecule has 5 aromatic carbocycles. The fraction of sp³-hybridized carbons (Fsp3) is 0. The summed E-state index contributed by atoms with van der Waals surface area (Å²) in [6.07, 6.45) is 3.70. The highest BCUT2D eigenvalue weighted by molar-refractivity contribution is 6.14. The Morgan fingerprint density at radius 3 is 2.00 bits per heavy atom. The molecule has 0 bridgehead atoms. The summed E-state index contributed by atoms with van der Waals surface area (Å²) in [5, 5.41) is 4.05. The normalized spacial score (nSPS) is 11.6. The molecule has 0 fully saturated rings. The van der Waals surface area contributed by atoms with E-state index in [9.17, 15) is 0 Å². The van der Waals surface area contributed by atoms with Crippen molar-refractivity contribution in [2.24, 2.45) is 0 Å². The van der Waals surface area contributed by atoms with Gasteiger partial charge in [-0.15, -0.1) is 0 Å². The molecule has 9 rings (SSSR count). The molecule has 0 atom stereocenters. The number of hydrogen-bond donors (Lipinski definition) is 0. The predicted octanol–water partition coefficient (Wildman–Crippen LogP) is 10.1. The van der Waals surface area contributed by atoms with Gasteiger partial charge in [0.25, 0.3) is 0 Å². The van der Waals surface area contributed by atoms with Gasteiger partial charge >= 0.3 is 0 Å². The van der Waals surface area contributed by atoms with Crippen molar-refractivity contribution >= 4 is 43.7 Å². The van der Waals surface area contributed by atoms with Gasteiger partial charge in [0.15, 0.2) is 11.4 Å². The van der Waals surface area contributed by atoms with E-state index in [0.29, 0.717) is 5.82 Å². The minimum absolute atomic E-state index is 0.707. The number of rotatable bonds is 4. The molecule has 0 radical (unpaired) electrons. The quantitative estimate of drug-likeness (QED) is 0.209. The summed E-state index contributed by atoms with van der Waals surface area (Å²) in [7, 11) is 0. The lowest BCUT2D eigenvalue weighted by Gasteiger charge is -2.10. The van der Waals surface area contributed by atoms with Crippen LogP contribution in [0.4, 0.5) is 0 Å². The van der Waals surface area contributed by atoms with Crippen molar-refractivity contribution in [1.82, 2.24) is 19.9 Å². The van der Waals surface area contributed by atoms with Crippen molar-refractivity contribution in [3.05, 3.63) is 146 Å². The average Bonchev–Trinajstić information content (AvgIpc) is 3.50. The molecule has 5 heteroatoms. The lowest BCUT2D eigenvalue weighted by atomic mass is 10.00. The molecule has 0 N–H and O–H groups in total. The molecule has 4 heterocycles. The molecule has 4 aromatic heterocycles. The van der Waals surface area contributed by atoms with Crippen LogP contribution in [0.25, 0.3) is 88.8 Å². The van der Waals surface area contributed by atoms with Crippen molar-refractivity contribution in [2.45, 2.75) is 0 Å². The third kappa shape index (κ3) is 4.33. The maximum absolute atomic E-state index is 6.22. The van der Waals surface area contributed by atoms with Gasteiger partial charge in [0.2, 0.25) is 0 Å². The fourth-order valence-corrected chi connectivity index (χ4v) is 6.11. The van der Waals surface area contributed by atoms with E-state index in [-0.39, 0.29) is 0 Å². The molecule has 0 aliphatic rings. The molecule has 0 aliphatic heterocycles. The van der Waals surface area contributed by atoms with Crippen LogP contribution in [-0.2, 0) is 0 Å². The number of aromatic nitrogens is 4. The number of para-hydroxylation sites is 2. The highest BCUT2D eigenvalue weighted by Gasteiger charge is 2.14. The Kier molecular flexibility index (Phi) is 5.74. The van der Waals surface area contributed by atoms with E-state index < -0.39 is 0 Å². The van der Waals surface area contributed by atoms with E-state index in [1.807, 2.05) is 73.1 Å². The molecule has 0 aliphatic carbocycles. The number of benzene rings is 5. The van der Waals surface area contributed by atoms with Crippen LogP contribution < -0.4 is 0 Å². The van der Waals surface area contributed by atoms with E-state index in [1.54, 1.807) is 0 Å². The Balaban J connectivity index is 1.07. The van der Waals surface area contributed by atoms with Gasteiger partial charge in [0.05, 0.1) is 28.6 Å². The zero-order valence-corrected chi connectivity index (χ0v) is 24.1. The third-order valence-corrected chi connectivity index (χ3v) is 8.38. The van der Waals surface area contributed by atoms with Crippen molar-refractivity contribution in [3.8, 4) is 45.0 Å². The van der Waals surface area contributed by atoms with Gasteiger partial charge in [-0.2, -0.15) is 0 Å². The summed E-state index contributed by atoms with van der Waals surface area (Å²) < 4.78 is 6.22. The highest BCUT2D eigenvalue weighted by atomic mass is 16.3. The van der Waals surface area contributed by atoms with Crippen molar-refractivity contribution < 1.29 is 4.42 Å². The number of furan rings is 1. The Bertz CT molecular complexity index is 2540. The largest absolute Gasteiger partial charge is 0.454 e. The molecule has 0 spiro atoms. The van der Waals surface area contributed by atoms with Gasteiger partial charge in [0.1, 0.15) is 5.58 Å². The van der Waals surface area contributed by atoms with Crippen LogP contribution in [-0.4, -0.2) is 19.9 Å². The summed E-state index contributed by atoms with van der Waals surface area (Å²) in [5.41, 5.74) is 10.5. The first-order valence-electron chi connectivity index (χ1n) is 14.9. The van der Waals surface area contributed by atoms with Crippen LogP contribution in [0.15, 0.2) is 150 Å². The average molecular weight is 577 g/mol. The van der Waals surface area contributed by atoms with Crippen LogP contribution in [0.2, 0.25) is 0 Å². The number of fused-ring (bicyclic) bond motifs is 6. The van der Waals surface area contributed by atoms with E-state index in [4.69, 9.17) is 19.4 Å². The molecule has 210 valence electrons. The second-order valence-corrected chi connectivity index (χ2v) is 11.1. The van der Waals surface area contributed by atoms with Crippen molar-refractivity contribution in [3.63, 3.8) is 0 Å². The van der Waals surface area contributed by atoms with Gasteiger partial charge in [-0.25, -0.2) is 9.97 Å². The summed E-state index contributed by atoms with van der Waals surface area (Å²) in [6.45, 7) is 0. The fourth-order valence-electron chi connectivity index (χ4n) is 6.11. The van der Waals surface area contributed by atoms with Crippen LogP contribution in [0.1, 0.15) is 0 Å². The van der Waals surface area contributed by atoms with E-state index in [1.165, 1.54) is 0 Å². The van der Waals surface area contributed by atoms with E-state index >= 15 is 0 Å². The molecule has 0 unspecified atom stereocenters. The lowest BCUT2D eigenvalue weighted by Crippen LogP contribution is -1.95. The molecule has 9 aromatic rings. The van der Waals surface area contributed by atoms with Crippen LogP contribution >= 0.6 is 0 Å². The first-order valence-corrected chi connectivity index (χ1v) is 14.9. The molecule has 45 heavy (non-hydrogen) atoms. The topological polar surface area (TPSA) is 64.7 Å². The first-order chi connectivity index (χ1) is 22.3. The predicted molar refractivity (Wildman–Crippen MR) is 182 cm³/mol. The van der Waals surface area contributed by atoms with Crippen molar-refractivity contribution in [2.75, 3.05) is 0 Å². The van der Waals surface area contributed by atoms with Crippen molar-refractivity contribution in [1.29, 1.82) is 0 Å². The lowest BCUT2D eigenvalue weighted by molar-refractivity contribution is 0.670. The number of hydrogen-bond acceptors (Lipinski definition) is 5. The molecular weight excluding hydrogens is 552 g/mol. The molecule has 0 saturated carbocycles. The summed E-state index contributed by atoms with van der Waals surface area (Å²) in [4.78, 5) is 19.4. The summed E-state index contributed by atoms with van der Waals surface area (Å²) in [6, 6.07) is 45.5. The highest BCUT2D eigenvalue weighted by Crippen LogP contribution is 2.35. The van der Waals surface area contributed by atoms with Gasteiger partial charge in [0, 0.05) is 44.4 Å². The third-order valence-electron chi connectivity index (χ3n) is 8.38. The second-order valence-electron chi connectivity index (χ2n) is 11.1. The van der Waals surface area contributed by atoms with Gasteiger partial charge in [-0.05, 0) is 41.5 Å². The van der Waals surface area contributed by atoms with Crippen LogP contribution in [0.3, 0.4) is 0 Å². The Morgan fingerprint density at radius 1 is 0.422 bits per heavy atom. The van der Waals surface area contributed by atoms with E-state index in [0.717, 1.165) is 82.9 Å². The molecular formula is C40H24N4O. The summed E-state index contributed by atoms with van der Waals surface area (Å²) >= 11 is 0. The smallest absolute Gasteiger partial charge is 0.160 e. The maximum Gasteiger partial charge on any atom is 0.160 e. The van der Waals surface area contributed by atoms with Crippen LogP contribution in [0, 0.1) is 0 Å². The Hall–Kier alpha value is -6.20. The minimum Gasteiger partial charge on any atom is -0.454 e. The summed E-state index contributed by atoms with van der Waals surface area (Å²) in [5.74, 6) is 0.707. The SMILES string of the molecule is c1ccc(-c2nc(-c3cccc(-c4ccc(-c5cc6c(cn5)oc5c7ccccc7ncc65)cc4)c3)nc3ccccc23)cc1. The standard InChI is InChI=1S/C40H24N4O/c1-2-9-27(10-3-1)38-30-13-4-7-16-35(30)43-40(44-38)29-12-8-11-28(21-29)25-17-19-26(20-18-25)36-22-32-33-23-41-34-15-6-5-14-31(34)39(33)45-37(32)24-42-36/h1-24H. The van der Waals surface area contributed by atoms with Gasteiger partial charge in [-0.1, -0.05) is 103 Å². The zero-order valence-electron chi connectivity index (χ0n) is 24.1. The first kappa shape index (κ1) is 25.3. The zero-order chi connectivity index (χ0) is 29.7. The maximum atomic E-state index is 6.22. The number of nitrogens with zero attached hydrogens (tertiary/aromatic N) is 4. The Labute approximate surface area is 258 Å². The molecule has 0 saturated heterocycles. The minimum atomic E-state index is 0.707. The number of pyridine rings is 2. The van der Waals surface area contributed by atoms with E-state index in [2.05, 4.69) is 77.8 Å². The van der Waals surface area contributed by atoms with Gasteiger partial charge in [-0.3, -0.25) is 9.97 Å². The van der Waals surface area contributed by atoms with Crippen LogP contribution in [0.5, 0.6) is 0 Å².